The number of alkyl halides is 3. The summed E-state index contributed by atoms with van der Waals surface area (Å²) in [5, 5.41) is 8.71. The molecule has 0 aliphatic rings. The minimum atomic E-state index is -4.34. The maximum Gasteiger partial charge on any atom is 0.411 e. The normalized spacial score (nSPS) is 11.0. The topological polar surface area (TPSA) is 42.2 Å². The van der Waals surface area contributed by atoms with Gasteiger partial charge in [-0.05, 0) is 17.7 Å². The van der Waals surface area contributed by atoms with Gasteiger partial charge in [-0.25, -0.2) is 0 Å². The number of rotatable bonds is 4. The molecule has 0 atom stereocenters. The van der Waals surface area contributed by atoms with E-state index in [4.69, 9.17) is 10.00 Å². The van der Waals surface area contributed by atoms with Gasteiger partial charge in [0.1, 0.15) is 18.4 Å². The van der Waals surface area contributed by atoms with E-state index in [1.165, 1.54) is 25.3 Å². The van der Waals surface area contributed by atoms with E-state index in [1.54, 1.807) is 0 Å². The summed E-state index contributed by atoms with van der Waals surface area (Å²) in [7, 11) is 1.39. The zero-order valence-electron chi connectivity index (χ0n) is 9.04. The zero-order chi connectivity index (χ0) is 12.9. The Balaban J connectivity index is 2.64. The molecule has 0 aliphatic heterocycles. The van der Waals surface area contributed by atoms with Crippen molar-refractivity contribution in [3.05, 3.63) is 29.3 Å². The number of nitrogens with zero attached hydrogens (tertiary/aromatic N) is 1. The minimum Gasteiger partial charge on any atom is -0.495 e. The van der Waals surface area contributed by atoms with Crippen LogP contribution < -0.4 is 4.74 Å². The Kier molecular flexibility index (Phi) is 4.35. The van der Waals surface area contributed by atoms with Crippen LogP contribution in [0.2, 0.25) is 0 Å². The second-order valence-corrected chi connectivity index (χ2v) is 3.25. The van der Waals surface area contributed by atoms with Gasteiger partial charge in [0.2, 0.25) is 0 Å². The number of nitriles is 1. The van der Waals surface area contributed by atoms with Crippen LogP contribution in [0, 0.1) is 11.3 Å². The molecule has 0 saturated carbocycles. The van der Waals surface area contributed by atoms with Gasteiger partial charge in [0.25, 0.3) is 0 Å². The molecule has 0 N–H and O–H groups in total. The Hall–Kier alpha value is -1.74. The van der Waals surface area contributed by atoms with Crippen LogP contribution >= 0.6 is 0 Å². The number of benzene rings is 1. The van der Waals surface area contributed by atoms with E-state index < -0.39 is 12.8 Å². The smallest absolute Gasteiger partial charge is 0.411 e. The van der Waals surface area contributed by atoms with E-state index in [0.717, 1.165) is 0 Å². The second-order valence-electron chi connectivity index (χ2n) is 3.25. The Labute approximate surface area is 96.4 Å². The summed E-state index contributed by atoms with van der Waals surface area (Å²) in [6.45, 7) is -1.48. The van der Waals surface area contributed by atoms with Crippen LogP contribution in [0.1, 0.15) is 11.1 Å². The van der Waals surface area contributed by atoms with E-state index in [9.17, 15) is 13.2 Å². The highest BCUT2D eigenvalue weighted by atomic mass is 19.4. The van der Waals surface area contributed by atoms with Crippen LogP contribution in [0.4, 0.5) is 13.2 Å². The summed E-state index contributed by atoms with van der Waals surface area (Å²) in [4.78, 5) is 0. The molecule has 0 amide bonds. The van der Waals surface area contributed by atoms with Crippen molar-refractivity contribution in [2.24, 2.45) is 0 Å². The van der Waals surface area contributed by atoms with Crippen LogP contribution in [-0.2, 0) is 11.3 Å². The molecule has 0 fully saturated rings. The molecule has 0 spiro atoms. The van der Waals surface area contributed by atoms with Crippen molar-refractivity contribution in [2.45, 2.75) is 12.8 Å². The third kappa shape index (κ3) is 4.33. The lowest BCUT2D eigenvalue weighted by atomic mass is 10.1. The van der Waals surface area contributed by atoms with Crippen molar-refractivity contribution in [3.63, 3.8) is 0 Å². The summed E-state index contributed by atoms with van der Waals surface area (Å²) < 4.78 is 44.9. The standard InChI is InChI=1S/C11H10F3NO2/c1-16-10-4-8(2-3-9(10)5-15)6-17-7-11(12,13)14/h2-4H,6-7H2,1H3. The average Bonchev–Trinajstić information content (AvgIpc) is 2.27. The van der Waals surface area contributed by atoms with Crippen molar-refractivity contribution in [1.29, 1.82) is 5.26 Å². The second kappa shape index (κ2) is 5.55. The van der Waals surface area contributed by atoms with Gasteiger partial charge in [-0.3, -0.25) is 0 Å². The Morgan fingerprint density at radius 1 is 1.35 bits per heavy atom. The molecular formula is C11H10F3NO2. The lowest BCUT2D eigenvalue weighted by Crippen LogP contribution is -2.16. The fourth-order valence-electron chi connectivity index (χ4n) is 1.20. The fourth-order valence-corrected chi connectivity index (χ4v) is 1.20. The third-order valence-corrected chi connectivity index (χ3v) is 1.92. The first-order chi connectivity index (χ1) is 7.96. The molecule has 1 aromatic carbocycles. The van der Waals surface area contributed by atoms with Crippen molar-refractivity contribution in [2.75, 3.05) is 13.7 Å². The van der Waals surface area contributed by atoms with Crippen molar-refractivity contribution < 1.29 is 22.6 Å². The van der Waals surface area contributed by atoms with E-state index in [-0.39, 0.29) is 6.61 Å². The number of hydrogen-bond acceptors (Lipinski definition) is 3. The summed E-state index contributed by atoms with van der Waals surface area (Å²) in [5.41, 5.74) is 0.845. The van der Waals surface area contributed by atoms with E-state index in [1.807, 2.05) is 6.07 Å². The molecule has 17 heavy (non-hydrogen) atoms. The number of methoxy groups -OCH3 is 1. The molecule has 92 valence electrons. The molecule has 1 rings (SSSR count). The molecule has 0 radical (unpaired) electrons. The van der Waals surface area contributed by atoms with Crippen LogP contribution in [0.15, 0.2) is 18.2 Å². The summed E-state index contributed by atoms with van der Waals surface area (Å²) >= 11 is 0. The van der Waals surface area contributed by atoms with Crippen LogP contribution in [0.25, 0.3) is 0 Å². The van der Waals surface area contributed by atoms with Gasteiger partial charge in [-0.2, -0.15) is 18.4 Å². The molecule has 0 saturated heterocycles. The number of ether oxygens (including phenoxy) is 2. The summed E-state index contributed by atoms with van der Waals surface area (Å²) in [6.07, 6.45) is -4.34. The van der Waals surface area contributed by atoms with Gasteiger partial charge in [0.05, 0.1) is 19.3 Å². The minimum absolute atomic E-state index is 0.179. The number of halogens is 3. The van der Waals surface area contributed by atoms with Crippen LogP contribution in [0.5, 0.6) is 5.75 Å². The summed E-state index contributed by atoms with van der Waals surface area (Å²) in [5.74, 6) is 0.320. The van der Waals surface area contributed by atoms with E-state index >= 15 is 0 Å². The first-order valence-electron chi connectivity index (χ1n) is 4.68. The number of hydrogen-bond donors (Lipinski definition) is 0. The zero-order valence-corrected chi connectivity index (χ0v) is 9.04. The highest BCUT2D eigenvalue weighted by Crippen LogP contribution is 2.21. The SMILES string of the molecule is COc1cc(COCC(F)(F)F)ccc1C#N. The molecule has 0 bridgehead atoms. The van der Waals surface area contributed by atoms with Crippen molar-refractivity contribution in [3.8, 4) is 11.8 Å². The van der Waals surface area contributed by atoms with Crippen molar-refractivity contribution >= 4 is 0 Å². The molecule has 0 unspecified atom stereocenters. The van der Waals surface area contributed by atoms with E-state index in [0.29, 0.717) is 16.9 Å². The molecule has 6 heteroatoms. The summed E-state index contributed by atoms with van der Waals surface area (Å²) in [6, 6.07) is 6.39. The maximum atomic E-state index is 11.8. The Morgan fingerprint density at radius 2 is 2.06 bits per heavy atom. The van der Waals surface area contributed by atoms with Crippen LogP contribution in [0.3, 0.4) is 0 Å². The quantitative estimate of drug-likeness (QED) is 0.818. The first kappa shape index (κ1) is 13.3. The lowest BCUT2D eigenvalue weighted by molar-refractivity contribution is -0.176. The molecule has 0 aromatic heterocycles. The predicted octanol–water partition coefficient (Wildman–Crippen LogP) is 2.65. The van der Waals surface area contributed by atoms with Crippen LogP contribution in [-0.4, -0.2) is 19.9 Å². The van der Waals surface area contributed by atoms with E-state index in [2.05, 4.69) is 4.74 Å². The lowest BCUT2D eigenvalue weighted by Gasteiger charge is -2.09. The molecule has 1 aromatic rings. The third-order valence-electron chi connectivity index (χ3n) is 1.92. The molecular weight excluding hydrogens is 235 g/mol. The Morgan fingerprint density at radius 3 is 2.59 bits per heavy atom. The first-order valence-corrected chi connectivity index (χ1v) is 4.68. The Bertz CT molecular complexity index is 424. The van der Waals surface area contributed by atoms with Gasteiger partial charge in [-0.15, -0.1) is 0 Å². The molecule has 0 aliphatic carbocycles. The van der Waals surface area contributed by atoms with Gasteiger partial charge < -0.3 is 9.47 Å². The van der Waals surface area contributed by atoms with Crippen molar-refractivity contribution in [1.82, 2.24) is 0 Å². The highest BCUT2D eigenvalue weighted by molar-refractivity contribution is 5.45. The van der Waals surface area contributed by atoms with Gasteiger partial charge in [0.15, 0.2) is 0 Å². The molecule has 0 heterocycles. The van der Waals surface area contributed by atoms with Gasteiger partial charge >= 0.3 is 6.18 Å². The fraction of sp³-hybridized carbons (Fsp3) is 0.364. The predicted molar refractivity (Wildman–Crippen MR) is 53.4 cm³/mol. The monoisotopic (exact) mass is 245 g/mol. The molecule has 3 nitrogen and oxygen atoms in total. The van der Waals surface area contributed by atoms with Gasteiger partial charge in [0, 0.05) is 0 Å². The highest BCUT2D eigenvalue weighted by Gasteiger charge is 2.27. The maximum absolute atomic E-state index is 11.8. The van der Waals surface area contributed by atoms with Gasteiger partial charge in [-0.1, -0.05) is 6.07 Å². The average molecular weight is 245 g/mol. The largest absolute Gasteiger partial charge is 0.495 e.